The Hall–Kier alpha value is -0.956. The third kappa shape index (κ3) is 182. The SMILES string of the molecule is C=O.C=O.C[S+](C)C1=CC=CC1.F[B-](F)(F)F.F[B-](F)(F)F.F[B-](F)(F)F.[CH2-]C.[Fe+3]. The normalized spacial score (nSPS) is 11.2. The quantitative estimate of drug-likeness (QED) is 0.178. The van der Waals surface area contributed by atoms with E-state index < -0.39 is 21.8 Å². The molecule has 0 fully saturated rings. The van der Waals surface area contributed by atoms with E-state index in [1.54, 1.807) is 11.8 Å². The molecule has 183 valence electrons. The maximum atomic E-state index is 9.75. The van der Waals surface area contributed by atoms with Crippen LogP contribution in [0.1, 0.15) is 13.3 Å². The smallest absolute Gasteiger partial charge is 0.418 e. The van der Waals surface area contributed by atoms with Gasteiger partial charge in [0, 0.05) is 17.3 Å². The van der Waals surface area contributed by atoms with E-state index in [1.165, 1.54) is 6.42 Å². The summed E-state index contributed by atoms with van der Waals surface area (Å²) in [6, 6.07) is 0. The van der Waals surface area contributed by atoms with Crippen molar-refractivity contribution < 1.29 is 78.4 Å². The van der Waals surface area contributed by atoms with Crippen molar-refractivity contribution in [2.24, 2.45) is 0 Å². The van der Waals surface area contributed by atoms with Crippen LogP contribution < -0.4 is 0 Å². The molecule has 0 saturated carbocycles. The Morgan fingerprint density at radius 3 is 1.00 bits per heavy atom. The second-order valence-corrected chi connectivity index (χ2v) is 5.72. The molecule has 19 heteroatoms. The standard InChI is InChI=1S/C7H11S.C2H5.2CH2O.3BF4.Fe/c1-8(2)7-5-3-4-6-7;3*1-2;3*2-1(3,4)5;/h3-5H,6H2,1-2H3;1H2,2H3;2*1H2;;;;/q+1;-1;;;3*-1;+3. The van der Waals surface area contributed by atoms with Gasteiger partial charge in [0.2, 0.25) is 0 Å². The van der Waals surface area contributed by atoms with Crippen molar-refractivity contribution in [2.75, 3.05) is 12.5 Å². The number of carbonyl (C=O) groups is 2. The average molecular weight is 533 g/mol. The molecule has 0 spiro atoms. The number of halogens is 12. The average Bonchev–Trinajstić information content (AvgIpc) is 3.03. The molecule has 0 heterocycles. The van der Waals surface area contributed by atoms with Crippen molar-refractivity contribution in [3.8, 4) is 0 Å². The summed E-state index contributed by atoms with van der Waals surface area (Å²) in [6.45, 7) is 9.00. The van der Waals surface area contributed by atoms with E-state index in [4.69, 9.17) is 9.59 Å². The first-order valence-corrected chi connectivity index (χ1v) is 8.68. The molecule has 2 nitrogen and oxygen atoms in total. The molecule has 0 atom stereocenters. The summed E-state index contributed by atoms with van der Waals surface area (Å²) in [7, 11) is -17.5. The first kappa shape index (κ1) is 47.0. The Labute approximate surface area is 181 Å². The van der Waals surface area contributed by atoms with E-state index in [0.717, 1.165) is 0 Å². The Balaban J connectivity index is -0.0000000437. The molecular weight excluding hydrogens is 512 g/mol. The number of hydrogen-bond acceptors (Lipinski definition) is 2. The summed E-state index contributed by atoms with van der Waals surface area (Å²) in [5.74, 6) is 0. The minimum absolute atomic E-state index is 0. The van der Waals surface area contributed by atoms with Gasteiger partial charge in [0.05, 0.1) is 0 Å². The zero-order chi connectivity index (χ0) is 25.5. The van der Waals surface area contributed by atoms with Gasteiger partial charge in [-0.15, -0.1) is 0 Å². The predicted octanol–water partition coefficient (Wildman–Crippen LogP) is 6.08. The van der Waals surface area contributed by atoms with Gasteiger partial charge in [-0.2, -0.15) is 6.92 Å². The fraction of sp³-hybridized carbons (Fsp3) is 0.364. The molecule has 1 aliphatic carbocycles. The van der Waals surface area contributed by atoms with Crippen molar-refractivity contribution >= 4 is 46.2 Å². The zero-order valence-electron chi connectivity index (χ0n) is 15.9. The maximum absolute atomic E-state index is 9.75. The van der Waals surface area contributed by atoms with Crippen LogP contribution in [0.4, 0.5) is 51.8 Å². The molecule has 1 rings (SSSR count). The molecule has 1 radical (unpaired) electrons. The Bertz CT molecular complexity index is 356. The summed E-state index contributed by atoms with van der Waals surface area (Å²) in [4.78, 5) is 17.6. The fourth-order valence-electron chi connectivity index (χ4n) is 0.730. The molecule has 0 aliphatic heterocycles. The Morgan fingerprint density at radius 1 is 0.733 bits per heavy atom. The van der Waals surface area contributed by atoms with Gasteiger partial charge < -0.3 is 68.3 Å². The summed E-state index contributed by atoms with van der Waals surface area (Å²) in [5.41, 5.74) is 0. The monoisotopic (exact) mass is 533 g/mol. The van der Waals surface area contributed by atoms with Crippen molar-refractivity contribution in [3.63, 3.8) is 0 Å². The van der Waals surface area contributed by atoms with E-state index in [9.17, 15) is 51.8 Å². The molecule has 0 aromatic heterocycles. The molecule has 1 aliphatic rings. The second-order valence-electron chi connectivity index (χ2n) is 3.57. The van der Waals surface area contributed by atoms with Crippen LogP contribution in [0.5, 0.6) is 0 Å². The van der Waals surface area contributed by atoms with Gasteiger partial charge in [-0.05, 0) is 6.08 Å². The van der Waals surface area contributed by atoms with E-state index in [1.807, 2.05) is 13.6 Å². The largest absolute Gasteiger partial charge is 3.00 e. The van der Waals surface area contributed by atoms with Crippen LogP contribution in [0.2, 0.25) is 0 Å². The van der Waals surface area contributed by atoms with E-state index in [2.05, 4.69) is 37.7 Å². The van der Waals surface area contributed by atoms with Crippen LogP contribution >= 0.6 is 0 Å². The van der Waals surface area contributed by atoms with Crippen molar-refractivity contribution in [1.82, 2.24) is 0 Å². The Morgan fingerprint density at radius 2 is 0.933 bits per heavy atom. The van der Waals surface area contributed by atoms with E-state index in [-0.39, 0.29) is 17.1 Å². The molecule has 30 heavy (non-hydrogen) atoms. The summed E-state index contributed by atoms with van der Waals surface area (Å²) in [5, 5.41) is 0. The van der Waals surface area contributed by atoms with Gasteiger partial charge in [0.1, 0.15) is 31.0 Å². The number of hydrogen-bond donors (Lipinski definition) is 0. The van der Waals surface area contributed by atoms with Gasteiger partial charge in [0.25, 0.3) is 0 Å². The molecule has 0 aromatic carbocycles. The topological polar surface area (TPSA) is 34.1 Å². The van der Waals surface area contributed by atoms with Gasteiger partial charge in [-0.1, -0.05) is 12.2 Å². The zero-order valence-corrected chi connectivity index (χ0v) is 17.8. The van der Waals surface area contributed by atoms with Crippen LogP contribution in [-0.2, 0) is 37.6 Å². The molecule has 0 N–H and O–H groups in total. The molecule has 0 amide bonds. The third-order valence-corrected chi connectivity index (χ3v) is 2.61. The summed E-state index contributed by atoms with van der Waals surface area (Å²) in [6.07, 6.45) is 12.3. The number of carbonyl (C=O) groups excluding carboxylic acids is 2. The van der Waals surface area contributed by atoms with Gasteiger partial charge in [-0.3, -0.25) is 0 Å². The molecule has 0 aromatic rings. The molecule has 0 saturated heterocycles. The number of rotatable bonds is 1. The minimum atomic E-state index is -6.00. The fourth-order valence-corrected chi connectivity index (χ4v) is 1.51. The summed E-state index contributed by atoms with van der Waals surface area (Å²) >= 11 is 0. The minimum Gasteiger partial charge on any atom is -0.418 e. The van der Waals surface area contributed by atoms with Crippen molar-refractivity contribution in [2.45, 2.75) is 13.3 Å². The van der Waals surface area contributed by atoms with E-state index >= 15 is 0 Å². The molecule has 0 bridgehead atoms. The Kier molecular flexibility index (Phi) is 43.9. The van der Waals surface area contributed by atoms with Crippen LogP contribution in [0.3, 0.4) is 0 Å². The van der Waals surface area contributed by atoms with Crippen molar-refractivity contribution in [3.05, 3.63) is 30.1 Å². The van der Waals surface area contributed by atoms with Crippen LogP contribution in [0, 0.1) is 6.92 Å². The molecule has 0 unspecified atom stereocenters. The van der Waals surface area contributed by atoms with Crippen molar-refractivity contribution in [1.29, 1.82) is 0 Å². The van der Waals surface area contributed by atoms with Crippen LogP contribution in [0.15, 0.2) is 23.1 Å². The summed E-state index contributed by atoms with van der Waals surface area (Å²) < 4.78 is 117. The van der Waals surface area contributed by atoms with E-state index in [0.29, 0.717) is 10.9 Å². The van der Waals surface area contributed by atoms with Crippen LogP contribution in [0.25, 0.3) is 0 Å². The number of allylic oxidation sites excluding steroid dienone is 4. The van der Waals surface area contributed by atoms with Gasteiger partial charge in [-0.25, -0.2) is 0 Å². The second kappa shape index (κ2) is 28.0. The van der Waals surface area contributed by atoms with Gasteiger partial charge in [0.15, 0.2) is 0 Å². The predicted molar refractivity (Wildman–Crippen MR) is 96.9 cm³/mol. The van der Waals surface area contributed by atoms with Gasteiger partial charge >= 0.3 is 38.8 Å². The third-order valence-electron chi connectivity index (χ3n) is 1.26. The first-order chi connectivity index (χ1) is 12.8. The maximum Gasteiger partial charge on any atom is 3.00 e. The molecular formula is C11H20B3F12FeO2S. The first-order valence-electron chi connectivity index (χ1n) is 6.64. The van der Waals surface area contributed by atoms with Crippen LogP contribution in [-0.4, -0.2) is 47.9 Å².